The van der Waals surface area contributed by atoms with Crippen molar-refractivity contribution in [3.8, 4) is 0 Å². The Kier molecular flexibility index (Phi) is 7.77. The van der Waals surface area contributed by atoms with Crippen LogP contribution in [0.15, 0.2) is 48.5 Å². The number of carbonyl (C=O) groups is 1. The van der Waals surface area contributed by atoms with Gasteiger partial charge in [0.05, 0.1) is 0 Å². The number of carbonyl (C=O) groups excluding carboxylic acids is 1. The van der Waals surface area contributed by atoms with E-state index in [0.29, 0.717) is 29.3 Å². The van der Waals surface area contributed by atoms with Crippen molar-refractivity contribution < 1.29 is 4.79 Å². The van der Waals surface area contributed by atoms with Gasteiger partial charge in [0.25, 0.3) is 5.91 Å². The molecule has 0 aliphatic carbocycles. The zero-order chi connectivity index (χ0) is 24.8. The highest BCUT2D eigenvalue weighted by atomic mass is 16.1. The lowest BCUT2D eigenvalue weighted by molar-refractivity contribution is 0.102. The number of benzene rings is 2. The SMILES string of the molecule is Cc1ccc(C(=O)Nc2ccccc2)cc1Nc1nc(N[C@@H]2CCNC2)nc(N(C)CC(C)C)n1. The number of rotatable bonds is 9. The van der Waals surface area contributed by atoms with E-state index < -0.39 is 0 Å². The fraction of sp³-hybridized carbons (Fsp3) is 0.385. The molecule has 2 heterocycles. The third-order valence-electron chi connectivity index (χ3n) is 5.78. The van der Waals surface area contributed by atoms with E-state index in [9.17, 15) is 4.79 Å². The van der Waals surface area contributed by atoms with E-state index in [1.807, 2.05) is 67.4 Å². The molecule has 2 aromatic carbocycles. The Balaban J connectivity index is 1.58. The summed E-state index contributed by atoms with van der Waals surface area (Å²) in [6.45, 7) is 8.99. The Bertz CT molecular complexity index is 1150. The fourth-order valence-electron chi connectivity index (χ4n) is 3.99. The summed E-state index contributed by atoms with van der Waals surface area (Å²) in [5.41, 5.74) is 3.04. The molecule has 35 heavy (non-hydrogen) atoms. The average Bonchev–Trinajstić information content (AvgIpc) is 3.33. The molecule has 1 aliphatic heterocycles. The van der Waals surface area contributed by atoms with Crippen molar-refractivity contribution in [1.82, 2.24) is 20.3 Å². The minimum absolute atomic E-state index is 0.177. The maximum absolute atomic E-state index is 12.8. The largest absolute Gasteiger partial charge is 0.350 e. The Morgan fingerprint density at radius 3 is 2.60 bits per heavy atom. The molecule has 4 N–H and O–H groups in total. The van der Waals surface area contributed by atoms with Crippen LogP contribution < -0.4 is 26.2 Å². The molecule has 1 aromatic heterocycles. The minimum atomic E-state index is -0.177. The maximum Gasteiger partial charge on any atom is 0.255 e. The van der Waals surface area contributed by atoms with Gasteiger partial charge in [0, 0.05) is 43.1 Å². The van der Waals surface area contributed by atoms with Gasteiger partial charge in [-0.25, -0.2) is 0 Å². The molecule has 0 radical (unpaired) electrons. The highest BCUT2D eigenvalue weighted by Crippen LogP contribution is 2.23. The Morgan fingerprint density at radius 1 is 1.11 bits per heavy atom. The molecule has 0 unspecified atom stereocenters. The summed E-state index contributed by atoms with van der Waals surface area (Å²) < 4.78 is 0. The molecular weight excluding hydrogens is 440 g/mol. The zero-order valence-corrected chi connectivity index (χ0v) is 20.8. The van der Waals surface area contributed by atoms with Crippen molar-refractivity contribution in [2.75, 3.05) is 47.5 Å². The Hall–Kier alpha value is -3.72. The number of nitrogens with one attached hydrogen (secondary N) is 4. The molecule has 0 bridgehead atoms. The quantitative estimate of drug-likeness (QED) is 0.368. The molecular formula is C26H34N8O. The van der Waals surface area contributed by atoms with Gasteiger partial charge >= 0.3 is 0 Å². The van der Waals surface area contributed by atoms with E-state index in [0.717, 1.165) is 43.0 Å². The number of nitrogens with zero attached hydrogens (tertiary/aromatic N) is 4. The van der Waals surface area contributed by atoms with E-state index in [1.54, 1.807) is 0 Å². The summed E-state index contributed by atoms with van der Waals surface area (Å²) >= 11 is 0. The normalized spacial score (nSPS) is 15.2. The second kappa shape index (κ2) is 11.1. The first-order valence-electron chi connectivity index (χ1n) is 12.1. The second-order valence-corrected chi connectivity index (χ2v) is 9.37. The number of aryl methyl sites for hydroxylation is 1. The van der Waals surface area contributed by atoms with Crippen LogP contribution >= 0.6 is 0 Å². The summed E-state index contributed by atoms with van der Waals surface area (Å²) in [6.07, 6.45) is 1.02. The lowest BCUT2D eigenvalue weighted by Crippen LogP contribution is -2.27. The smallest absolute Gasteiger partial charge is 0.255 e. The Labute approximate surface area is 206 Å². The highest BCUT2D eigenvalue weighted by molar-refractivity contribution is 6.05. The molecule has 0 saturated carbocycles. The summed E-state index contributed by atoms with van der Waals surface area (Å²) in [6, 6.07) is 15.2. The molecule has 4 rings (SSSR count). The van der Waals surface area contributed by atoms with Crippen molar-refractivity contribution >= 4 is 35.1 Å². The monoisotopic (exact) mass is 474 g/mol. The first kappa shape index (κ1) is 24.4. The Morgan fingerprint density at radius 2 is 1.89 bits per heavy atom. The van der Waals surface area contributed by atoms with Gasteiger partial charge in [-0.3, -0.25) is 4.79 Å². The molecule has 1 saturated heterocycles. The van der Waals surface area contributed by atoms with E-state index in [-0.39, 0.29) is 11.9 Å². The van der Waals surface area contributed by atoms with E-state index in [1.165, 1.54) is 0 Å². The average molecular weight is 475 g/mol. The summed E-state index contributed by atoms with van der Waals surface area (Å²) in [5.74, 6) is 1.86. The molecule has 184 valence electrons. The third kappa shape index (κ3) is 6.66. The van der Waals surface area contributed by atoms with Crippen LogP contribution in [0.3, 0.4) is 0 Å². The van der Waals surface area contributed by atoms with E-state index >= 15 is 0 Å². The summed E-state index contributed by atoms with van der Waals surface area (Å²) in [7, 11) is 1.99. The van der Waals surface area contributed by atoms with Crippen LogP contribution in [0.4, 0.5) is 29.2 Å². The van der Waals surface area contributed by atoms with Crippen LogP contribution in [0.2, 0.25) is 0 Å². The molecule has 1 amide bonds. The van der Waals surface area contributed by atoms with Gasteiger partial charge < -0.3 is 26.2 Å². The molecule has 1 aliphatic rings. The predicted octanol–water partition coefficient (Wildman–Crippen LogP) is 4.04. The van der Waals surface area contributed by atoms with Gasteiger partial charge in [0.2, 0.25) is 17.8 Å². The van der Waals surface area contributed by atoms with Gasteiger partial charge in [0.15, 0.2) is 0 Å². The summed E-state index contributed by atoms with van der Waals surface area (Å²) in [5, 5.41) is 13.0. The van der Waals surface area contributed by atoms with Gasteiger partial charge in [-0.2, -0.15) is 15.0 Å². The van der Waals surface area contributed by atoms with E-state index in [2.05, 4.69) is 50.1 Å². The molecule has 1 atom stereocenters. The van der Waals surface area contributed by atoms with Gasteiger partial charge in [-0.05, 0) is 55.6 Å². The van der Waals surface area contributed by atoms with Gasteiger partial charge in [-0.1, -0.05) is 38.1 Å². The van der Waals surface area contributed by atoms with Crippen LogP contribution in [0.25, 0.3) is 0 Å². The minimum Gasteiger partial charge on any atom is -0.350 e. The predicted molar refractivity (Wildman–Crippen MR) is 142 cm³/mol. The fourth-order valence-corrected chi connectivity index (χ4v) is 3.99. The molecule has 0 spiro atoms. The second-order valence-electron chi connectivity index (χ2n) is 9.37. The lowest BCUT2D eigenvalue weighted by Gasteiger charge is -2.21. The molecule has 9 nitrogen and oxygen atoms in total. The van der Waals surface area contributed by atoms with Crippen molar-refractivity contribution in [2.24, 2.45) is 5.92 Å². The van der Waals surface area contributed by atoms with Crippen LogP contribution in [-0.2, 0) is 0 Å². The zero-order valence-electron chi connectivity index (χ0n) is 20.8. The lowest BCUT2D eigenvalue weighted by atomic mass is 10.1. The number of anilines is 5. The van der Waals surface area contributed by atoms with Gasteiger partial charge in [0.1, 0.15) is 0 Å². The number of aromatic nitrogens is 3. The first-order chi connectivity index (χ1) is 16.9. The topological polar surface area (TPSA) is 107 Å². The summed E-state index contributed by atoms with van der Waals surface area (Å²) in [4.78, 5) is 28.8. The van der Waals surface area contributed by atoms with Crippen LogP contribution in [0, 0.1) is 12.8 Å². The van der Waals surface area contributed by atoms with Crippen molar-refractivity contribution in [2.45, 2.75) is 33.2 Å². The van der Waals surface area contributed by atoms with Gasteiger partial charge in [-0.15, -0.1) is 0 Å². The first-order valence-corrected chi connectivity index (χ1v) is 12.1. The number of hydrogen-bond donors (Lipinski definition) is 4. The van der Waals surface area contributed by atoms with Crippen molar-refractivity contribution in [3.63, 3.8) is 0 Å². The number of para-hydroxylation sites is 1. The number of amides is 1. The highest BCUT2D eigenvalue weighted by Gasteiger charge is 2.18. The molecule has 3 aromatic rings. The number of hydrogen-bond acceptors (Lipinski definition) is 8. The third-order valence-corrected chi connectivity index (χ3v) is 5.78. The van der Waals surface area contributed by atoms with Crippen LogP contribution in [0.1, 0.15) is 36.2 Å². The molecule has 1 fully saturated rings. The van der Waals surface area contributed by atoms with Crippen molar-refractivity contribution in [3.05, 3.63) is 59.7 Å². The van der Waals surface area contributed by atoms with Crippen molar-refractivity contribution in [1.29, 1.82) is 0 Å². The van der Waals surface area contributed by atoms with Crippen LogP contribution in [-0.4, -0.2) is 53.6 Å². The standard InChI is InChI=1S/C26H34N8O/c1-17(2)16-34(4)26-32-24(29-21-12-13-27-15-21)31-25(33-26)30-22-14-19(11-10-18(22)3)23(35)28-20-8-6-5-7-9-20/h5-11,14,17,21,27H,12-13,15-16H2,1-4H3,(H,28,35)(H2,29,30,31,32,33)/t21-/m1/s1. The molecule has 9 heteroatoms. The van der Waals surface area contributed by atoms with E-state index in [4.69, 9.17) is 0 Å². The van der Waals surface area contributed by atoms with Crippen LogP contribution in [0.5, 0.6) is 0 Å². The maximum atomic E-state index is 12.8.